The summed E-state index contributed by atoms with van der Waals surface area (Å²) in [6.45, 7) is 6.60. The molecule has 1 rings (SSSR count). The van der Waals surface area contributed by atoms with Crippen molar-refractivity contribution in [3.8, 4) is 0 Å². The van der Waals surface area contributed by atoms with Crippen LogP contribution in [0, 0.1) is 0 Å². The van der Waals surface area contributed by atoms with Crippen LogP contribution < -0.4 is 5.32 Å². The molecule has 1 N–H and O–H groups in total. The Hall–Kier alpha value is -0.910. The van der Waals surface area contributed by atoms with E-state index < -0.39 is 5.60 Å². The van der Waals surface area contributed by atoms with Crippen molar-refractivity contribution in [3.05, 3.63) is 21.9 Å². The maximum absolute atomic E-state index is 11.9. The van der Waals surface area contributed by atoms with E-state index >= 15 is 0 Å². The van der Waals surface area contributed by atoms with Crippen LogP contribution in [0.15, 0.2) is 6.07 Å². The summed E-state index contributed by atoms with van der Waals surface area (Å²) in [5.74, 6) is -0.357. The molecule has 7 heteroatoms. The topological polar surface area (TPSA) is 64.1 Å². The molecule has 0 saturated heterocycles. The summed E-state index contributed by atoms with van der Waals surface area (Å²) in [5, 5.41) is 9.97. The smallest absolute Gasteiger partial charge is 0.254 e. The summed E-state index contributed by atoms with van der Waals surface area (Å²) >= 11 is 11.4. The molecule has 0 aromatic carbocycles. The molecule has 0 aliphatic carbocycles. The van der Waals surface area contributed by atoms with Gasteiger partial charge in [-0.1, -0.05) is 23.2 Å². The molecule has 0 saturated carbocycles. The molecule has 0 aliphatic heterocycles. The van der Waals surface area contributed by atoms with Crippen LogP contribution >= 0.6 is 23.2 Å². The SMILES string of the molecule is CCOC(C)(C)CNC(=O)c1cc(Cl)nnc1Cl. The molecule has 0 aliphatic rings. The molecule has 0 radical (unpaired) electrons. The van der Waals surface area contributed by atoms with E-state index in [-0.39, 0.29) is 21.8 Å². The van der Waals surface area contributed by atoms with E-state index in [4.69, 9.17) is 27.9 Å². The zero-order valence-corrected chi connectivity index (χ0v) is 12.0. The lowest BCUT2D eigenvalue weighted by molar-refractivity contribution is -0.00815. The Bertz CT molecular complexity index is 438. The number of aromatic nitrogens is 2. The van der Waals surface area contributed by atoms with E-state index in [1.165, 1.54) is 6.07 Å². The van der Waals surface area contributed by atoms with Crippen LogP contribution in [0.5, 0.6) is 0 Å². The lowest BCUT2D eigenvalue weighted by Crippen LogP contribution is -2.40. The number of ether oxygens (including phenoxy) is 1. The van der Waals surface area contributed by atoms with Gasteiger partial charge in [0.1, 0.15) is 0 Å². The predicted octanol–water partition coefficient (Wildman–Crippen LogP) is 2.33. The minimum Gasteiger partial charge on any atom is -0.374 e. The Morgan fingerprint density at radius 2 is 2.11 bits per heavy atom. The second-order valence-electron chi connectivity index (χ2n) is 4.25. The van der Waals surface area contributed by atoms with Gasteiger partial charge in [0.2, 0.25) is 0 Å². The highest BCUT2D eigenvalue weighted by atomic mass is 35.5. The van der Waals surface area contributed by atoms with Gasteiger partial charge in [0.05, 0.1) is 11.2 Å². The minimum atomic E-state index is -0.443. The van der Waals surface area contributed by atoms with Crippen LogP contribution in [-0.2, 0) is 4.74 Å². The van der Waals surface area contributed by atoms with Gasteiger partial charge in [-0.05, 0) is 26.8 Å². The van der Waals surface area contributed by atoms with Crippen molar-refractivity contribution in [2.75, 3.05) is 13.2 Å². The number of nitrogens with zero attached hydrogens (tertiary/aromatic N) is 2. The second-order valence-corrected chi connectivity index (χ2v) is 4.99. The molecule has 0 bridgehead atoms. The van der Waals surface area contributed by atoms with Crippen molar-refractivity contribution in [3.63, 3.8) is 0 Å². The number of halogens is 2. The van der Waals surface area contributed by atoms with E-state index in [2.05, 4.69) is 15.5 Å². The van der Waals surface area contributed by atoms with Crippen LogP contribution in [0.1, 0.15) is 31.1 Å². The average molecular weight is 292 g/mol. The van der Waals surface area contributed by atoms with Gasteiger partial charge in [-0.25, -0.2) is 0 Å². The van der Waals surface area contributed by atoms with Crippen molar-refractivity contribution in [2.24, 2.45) is 0 Å². The Kier molecular flexibility index (Phi) is 5.31. The monoisotopic (exact) mass is 291 g/mol. The normalized spacial score (nSPS) is 11.4. The summed E-state index contributed by atoms with van der Waals surface area (Å²) in [4.78, 5) is 11.9. The first kappa shape index (κ1) is 15.1. The van der Waals surface area contributed by atoms with Gasteiger partial charge in [0.15, 0.2) is 10.3 Å². The van der Waals surface area contributed by atoms with Crippen LogP contribution in [0.25, 0.3) is 0 Å². The first-order chi connectivity index (χ1) is 8.35. The van der Waals surface area contributed by atoms with Gasteiger partial charge in [-0.2, -0.15) is 0 Å². The fraction of sp³-hybridized carbons (Fsp3) is 0.545. The molecular weight excluding hydrogens is 277 g/mol. The fourth-order valence-electron chi connectivity index (χ4n) is 1.34. The zero-order chi connectivity index (χ0) is 13.8. The number of rotatable bonds is 5. The van der Waals surface area contributed by atoms with Gasteiger partial charge in [-0.15, -0.1) is 10.2 Å². The molecule has 1 amide bonds. The third kappa shape index (κ3) is 4.40. The summed E-state index contributed by atoms with van der Waals surface area (Å²) < 4.78 is 5.47. The molecule has 18 heavy (non-hydrogen) atoms. The Morgan fingerprint density at radius 1 is 1.44 bits per heavy atom. The second kappa shape index (κ2) is 6.31. The summed E-state index contributed by atoms with van der Waals surface area (Å²) in [6.07, 6.45) is 0. The van der Waals surface area contributed by atoms with E-state index in [1.54, 1.807) is 0 Å². The highest BCUT2D eigenvalue weighted by Gasteiger charge is 2.20. The van der Waals surface area contributed by atoms with E-state index in [1.807, 2.05) is 20.8 Å². The first-order valence-electron chi connectivity index (χ1n) is 5.46. The highest BCUT2D eigenvalue weighted by Crippen LogP contribution is 2.15. The van der Waals surface area contributed by atoms with Gasteiger partial charge >= 0.3 is 0 Å². The minimum absolute atomic E-state index is 0.0196. The summed E-state index contributed by atoms with van der Waals surface area (Å²) in [7, 11) is 0. The van der Waals surface area contributed by atoms with Crippen molar-refractivity contribution in [1.29, 1.82) is 0 Å². The molecule has 5 nitrogen and oxygen atoms in total. The standard InChI is InChI=1S/C11H15Cl2N3O2/c1-4-18-11(2,3)6-14-10(17)7-5-8(12)15-16-9(7)13/h5H,4,6H2,1-3H3,(H,14,17). The number of hydrogen-bond acceptors (Lipinski definition) is 4. The molecule has 100 valence electrons. The zero-order valence-electron chi connectivity index (χ0n) is 10.5. The number of amides is 1. The lowest BCUT2D eigenvalue weighted by Gasteiger charge is -2.24. The van der Waals surface area contributed by atoms with Crippen molar-refractivity contribution in [2.45, 2.75) is 26.4 Å². The van der Waals surface area contributed by atoms with E-state index in [0.717, 1.165) is 0 Å². The Morgan fingerprint density at radius 3 is 2.72 bits per heavy atom. The van der Waals surface area contributed by atoms with Crippen molar-refractivity contribution < 1.29 is 9.53 Å². The van der Waals surface area contributed by atoms with Crippen molar-refractivity contribution in [1.82, 2.24) is 15.5 Å². The Labute approximate surface area is 116 Å². The summed E-state index contributed by atoms with van der Waals surface area (Å²) in [5.41, 5.74) is -0.245. The van der Waals surface area contributed by atoms with Crippen LogP contribution in [0.2, 0.25) is 10.3 Å². The lowest BCUT2D eigenvalue weighted by atomic mass is 10.1. The van der Waals surface area contributed by atoms with E-state index in [9.17, 15) is 4.79 Å². The van der Waals surface area contributed by atoms with Gasteiger partial charge < -0.3 is 10.1 Å². The molecule has 0 unspecified atom stereocenters. The molecule has 0 spiro atoms. The molecular formula is C11H15Cl2N3O2. The highest BCUT2D eigenvalue weighted by molar-refractivity contribution is 6.34. The van der Waals surface area contributed by atoms with Crippen LogP contribution in [-0.4, -0.2) is 34.9 Å². The van der Waals surface area contributed by atoms with E-state index in [0.29, 0.717) is 13.2 Å². The maximum Gasteiger partial charge on any atom is 0.254 e. The molecule has 0 atom stereocenters. The molecule has 1 heterocycles. The largest absolute Gasteiger partial charge is 0.374 e. The quantitative estimate of drug-likeness (QED) is 0.904. The maximum atomic E-state index is 11.9. The van der Waals surface area contributed by atoms with Gasteiger partial charge in [0.25, 0.3) is 5.91 Å². The Balaban J connectivity index is 2.69. The van der Waals surface area contributed by atoms with Gasteiger partial charge in [0, 0.05) is 13.2 Å². The average Bonchev–Trinajstić information content (AvgIpc) is 2.29. The predicted molar refractivity (Wildman–Crippen MR) is 70.1 cm³/mol. The van der Waals surface area contributed by atoms with Crippen LogP contribution in [0.4, 0.5) is 0 Å². The number of carbonyl (C=O) groups is 1. The molecule has 0 fully saturated rings. The van der Waals surface area contributed by atoms with Crippen molar-refractivity contribution >= 4 is 29.1 Å². The third-order valence-corrected chi connectivity index (χ3v) is 2.64. The summed E-state index contributed by atoms with van der Waals surface area (Å²) in [6, 6.07) is 1.37. The van der Waals surface area contributed by atoms with Crippen LogP contribution in [0.3, 0.4) is 0 Å². The molecule has 1 aromatic heterocycles. The number of carbonyl (C=O) groups excluding carboxylic acids is 1. The number of hydrogen-bond donors (Lipinski definition) is 1. The fourth-order valence-corrected chi connectivity index (χ4v) is 1.67. The molecule has 1 aromatic rings. The van der Waals surface area contributed by atoms with Gasteiger partial charge in [-0.3, -0.25) is 4.79 Å². The number of nitrogens with one attached hydrogen (secondary N) is 1. The third-order valence-electron chi connectivity index (χ3n) is 2.17. The first-order valence-corrected chi connectivity index (χ1v) is 6.22.